The van der Waals surface area contributed by atoms with Gasteiger partial charge in [0, 0.05) is 4.88 Å². The normalized spacial score (nSPS) is 12.4. The number of carbonyl (C=O) groups is 1. The Morgan fingerprint density at radius 3 is 2.44 bits per heavy atom. The summed E-state index contributed by atoms with van der Waals surface area (Å²) in [6.45, 7) is 1.98. The van der Waals surface area contributed by atoms with Crippen molar-refractivity contribution in [3.8, 4) is 0 Å². The number of carbonyl (C=O) groups excluding carboxylic acids is 1. The highest BCUT2D eigenvalue weighted by Crippen LogP contribution is 2.21. The van der Waals surface area contributed by atoms with Gasteiger partial charge in [0.25, 0.3) is 0 Å². The lowest BCUT2D eigenvalue weighted by Gasteiger charge is -2.08. The fourth-order valence-corrected chi connectivity index (χ4v) is 2.38. The molecular weight excluding hydrogens is 218 g/mol. The molecule has 0 aliphatic carbocycles. The molecule has 0 bridgehead atoms. The van der Waals surface area contributed by atoms with Gasteiger partial charge < -0.3 is 5.73 Å². The monoisotopic (exact) mass is 231 g/mol. The Labute approximate surface area is 98.7 Å². The third-order valence-electron chi connectivity index (χ3n) is 2.42. The van der Waals surface area contributed by atoms with Crippen molar-refractivity contribution >= 4 is 17.1 Å². The van der Waals surface area contributed by atoms with E-state index in [1.54, 1.807) is 0 Å². The van der Waals surface area contributed by atoms with Gasteiger partial charge in [-0.25, -0.2) is 0 Å². The number of hydrogen-bond donors (Lipinski definition) is 1. The molecule has 0 aliphatic heterocycles. The van der Waals surface area contributed by atoms with Crippen molar-refractivity contribution in [3.05, 3.63) is 57.8 Å². The van der Waals surface area contributed by atoms with Crippen LogP contribution < -0.4 is 5.73 Å². The van der Waals surface area contributed by atoms with E-state index < -0.39 is 6.04 Å². The second-order valence-corrected chi connectivity index (χ2v) is 4.95. The quantitative estimate of drug-likeness (QED) is 0.825. The second kappa shape index (κ2) is 4.60. The molecule has 0 amide bonds. The first kappa shape index (κ1) is 11.0. The Morgan fingerprint density at radius 1 is 1.19 bits per heavy atom. The zero-order valence-electron chi connectivity index (χ0n) is 9.01. The van der Waals surface area contributed by atoms with Gasteiger partial charge in [-0.3, -0.25) is 4.79 Å². The van der Waals surface area contributed by atoms with Gasteiger partial charge in [0.05, 0.1) is 10.9 Å². The molecule has 2 N–H and O–H groups in total. The van der Waals surface area contributed by atoms with Gasteiger partial charge in [-0.1, -0.05) is 30.3 Å². The van der Waals surface area contributed by atoms with Crippen molar-refractivity contribution in [2.45, 2.75) is 13.0 Å². The SMILES string of the molecule is Cc1ccc(C(=O)C(N)c2ccccc2)s1. The summed E-state index contributed by atoms with van der Waals surface area (Å²) in [4.78, 5) is 13.9. The number of benzene rings is 1. The molecule has 0 spiro atoms. The van der Waals surface area contributed by atoms with Crippen LogP contribution in [0.5, 0.6) is 0 Å². The average Bonchev–Trinajstić information content (AvgIpc) is 2.75. The molecule has 3 heteroatoms. The van der Waals surface area contributed by atoms with E-state index in [-0.39, 0.29) is 5.78 Å². The fourth-order valence-electron chi connectivity index (χ4n) is 1.53. The van der Waals surface area contributed by atoms with Crippen LogP contribution in [0, 0.1) is 6.92 Å². The first-order valence-electron chi connectivity index (χ1n) is 5.09. The van der Waals surface area contributed by atoms with E-state index in [9.17, 15) is 4.79 Å². The summed E-state index contributed by atoms with van der Waals surface area (Å²) in [6, 6.07) is 12.7. The van der Waals surface area contributed by atoms with Crippen molar-refractivity contribution in [3.63, 3.8) is 0 Å². The zero-order valence-corrected chi connectivity index (χ0v) is 9.83. The van der Waals surface area contributed by atoms with Gasteiger partial charge >= 0.3 is 0 Å². The minimum Gasteiger partial charge on any atom is -0.317 e. The Hall–Kier alpha value is -1.45. The molecule has 2 nitrogen and oxygen atoms in total. The molecule has 1 aromatic carbocycles. The van der Waals surface area contributed by atoms with Crippen molar-refractivity contribution in [1.82, 2.24) is 0 Å². The van der Waals surface area contributed by atoms with Crippen LogP contribution in [0.2, 0.25) is 0 Å². The van der Waals surface area contributed by atoms with Gasteiger partial charge in [-0.2, -0.15) is 0 Å². The average molecular weight is 231 g/mol. The van der Waals surface area contributed by atoms with E-state index in [2.05, 4.69) is 0 Å². The minimum atomic E-state index is -0.556. The maximum atomic E-state index is 12.0. The smallest absolute Gasteiger partial charge is 0.193 e. The number of thiophene rings is 1. The molecule has 1 atom stereocenters. The summed E-state index contributed by atoms with van der Waals surface area (Å²) >= 11 is 1.49. The molecular formula is C13H13NOS. The summed E-state index contributed by atoms with van der Waals surface area (Å²) in [6.07, 6.45) is 0. The molecule has 1 heterocycles. The fraction of sp³-hybridized carbons (Fsp3) is 0.154. The van der Waals surface area contributed by atoms with Crippen LogP contribution in [0.25, 0.3) is 0 Å². The standard InChI is InChI=1S/C13H13NOS/c1-9-7-8-11(16-9)13(15)12(14)10-5-3-2-4-6-10/h2-8,12H,14H2,1H3. The largest absolute Gasteiger partial charge is 0.317 e. The third-order valence-corrected chi connectivity index (χ3v) is 3.44. The van der Waals surface area contributed by atoms with Crippen molar-refractivity contribution < 1.29 is 4.79 Å². The first-order chi connectivity index (χ1) is 7.68. The number of nitrogens with two attached hydrogens (primary N) is 1. The maximum Gasteiger partial charge on any atom is 0.193 e. The molecule has 0 radical (unpaired) electrons. The molecule has 0 fully saturated rings. The van der Waals surface area contributed by atoms with E-state index in [0.29, 0.717) is 0 Å². The Bertz CT molecular complexity index is 490. The van der Waals surface area contributed by atoms with Crippen LogP contribution >= 0.6 is 11.3 Å². The van der Waals surface area contributed by atoms with Crippen molar-refractivity contribution in [2.24, 2.45) is 5.73 Å². The predicted octanol–water partition coefficient (Wildman–Crippen LogP) is 2.94. The molecule has 0 aliphatic rings. The van der Waals surface area contributed by atoms with Gasteiger partial charge in [0.1, 0.15) is 0 Å². The summed E-state index contributed by atoms with van der Waals surface area (Å²) in [5.74, 6) is -0.00991. The lowest BCUT2D eigenvalue weighted by Crippen LogP contribution is -2.20. The van der Waals surface area contributed by atoms with Crippen LogP contribution in [0.4, 0.5) is 0 Å². The van der Waals surface area contributed by atoms with Gasteiger partial charge in [-0.05, 0) is 24.6 Å². The first-order valence-corrected chi connectivity index (χ1v) is 5.91. The van der Waals surface area contributed by atoms with E-state index >= 15 is 0 Å². The number of ketones is 1. The lowest BCUT2D eigenvalue weighted by atomic mass is 10.0. The summed E-state index contributed by atoms with van der Waals surface area (Å²) in [7, 11) is 0. The minimum absolute atomic E-state index is 0.00991. The van der Waals surface area contributed by atoms with Gasteiger partial charge in [0.2, 0.25) is 0 Å². The summed E-state index contributed by atoms with van der Waals surface area (Å²) in [5.41, 5.74) is 6.80. The molecule has 0 saturated heterocycles. The molecule has 2 aromatic rings. The predicted molar refractivity (Wildman–Crippen MR) is 66.8 cm³/mol. The van der Waals surface area contributed by atoms with Crippen LogP contribution in [0.1, 0.15) is 26.2 Å². The lowest BCUT2D eigenvalue weighted by molar-refractivity contribution is 0.0965. The zero-order chi connectivity index (χ0) is 11.5. The Balaban J connectivity index is 2.23. The van der Waals surface area contributed by atoms with E-state index in [1.807, 2.05) is 49.4 Å². The topological polar surface area (TPSA) is 43.1 Å². The third kappa shape index (κ3) is 2.21. The van der Waals surface area contributed by atoms with Crippen LogP contribution in [0.15, 0.2) is 42.5 Å². The van der Waals surface area contributed by atoms with E-state index in [4.69, 9.17) is 5.73 Å². The molecule has 0 saturated carbocycles. The second-order valence-electron chi connectivity index (χ2n) is 3.66. The van der Waals surface area contributed by atoms with Crippen molar-refractivity contribution in [1.29, 1.82) is 0 Å². The molecule has 82 valence electrons. The number of hydrogen-bond acceptors (Lipinski definition) is 3. The number of rotatable bonds is 3. The molecule has 1 aromatic heterocycles. The highest BCUT2D eigenvalue weighted by molar-refractivity contribution is 7.14. The highest BCUT2D eigenvalue weighted by atomic mass is 32.1. The Kier molecular flexibility index (Phi) is 3.17. The summed E-state index contributed by atoms with van der Waals surface area (Å²) < 4.78 is 0. The molecule has 2 rings (SSSR count). The van der Waals surface area contributed by atoms with Gasteiger partial charge in [-0.15, -0.1) is 11.3 Å². The van der Waals surface area contributed by atoms with Crippen molar-refractivity contribution in [2.75, 3.05) is 0 Å². The van der Waals surface area contributed by atoms with Crippen LogP contribution in [0.3, 0.4) is 0 Å². The summed E-state index contributed by atoms with van der Waals surface area (Å²) in [5, 5.41) is 0. The van der Waals surface area contributed by atoms with Crippen LogP contribution in [-0.2, 0) is 0 Å². The molecule has 16 heavy (non-hydrogen) atoms. The highest BCUT2D eigenvalue weighted by Gasteiger charge is 2.18. The number of aryl methyl sites for hydroxylation is 1. The maximum absolute atomic E-state index is 12.0. The van der Waals surface area contributed by atoms with Gasteiger partial charge in [0.15, 0.2) is 5.78 Å². The number of Topliss-reactive ketones (excluding diaryl/α,β-unsaturated/α-hetero) is 1. The van der Waals surface area contributed by atoms with E-state index in [0.717, 1.165) is 15.3 Å². The Morgan fingerprint density at radius 2 is 1.88 bits per heavy atom. The van der Waals surface area contributed by atoms with Crippen LogP contribution in [-0.4, -0.2) is 5.78 Å². The van der Waals surface area contributed by atoms with E-state index in [1.165, 1.54) is 11.3 Å². The molecule has 1 unspecified atom stereocenters.